The molecular formula is C18H17NO2. The molecule has 106 valence electrons. The lowest BCUT2D eigenvalue weighted by molar-refractivity contribution is -0.137. The van der Waals surface area contributed by atoms with Crippen LogP contribution in [0.25, 0.3) is 21.5 Å². The smallest absolute Gasteiger partial charge is 0.325 e. The van der Waals surface area contributed by atoms with Crippen LogP contribution in [0.2, 0.25) is 0 Å². The molecule has 0 aliphatic heterocycles. The third kappa shape index (κ3) is 2.42. The van der Waals surface area contributed by atoms with Crippen LogP contribution in [-0.2, 0) is 4.79 Å². The maximum atomic E-state index is 11.1. The zero-order chi connectivity index (χ0) is 15.0. The summed E-state index contributed by atoms with van der Waals surface area (Å²) in [6, 6.07) is 15.9. The van der Waals surface area contributed by atoms with Crippen molar-refractivity contribution in [2.24, 2.45) is 0 Å². The number of benzene rings is 3. The molecule has 0 aliphatic carbocycles. The van der Waals surface area contributed by atoms with Crippen molar-refractivity contribution in [3.63, 3.8) is 0 Å². The van der Waals surface area contributed by atoms with Gasteiger partial charge in [0.1, 0.15) is 6.04 Å². The van der Waals surface area contributed by atoms with Gasteiger partial charge in [-0.3, -0.25) is 4.79 Å². The van der Waals surface area contributed by atoms with E-state index in [9.17, 15) is 4.79 Å². The number of nitrogens with one attached hydrogen (secondary N) is 1. The van der Waals surface area contributed by atoms with Crippen LogP contribution >= 0.6 is 0 Å². The predicted octanol–water partition coefficient (Wildman–Crippen LogP) is 4.19. The van der Waals surface area contributed by atoms with Gasteiger partial charge in [0.15, 0.2) is 0 Å². The van der Waals surface area contributed by atoms with Gasteiger partial charge >= 0.3 is 5.97 Å². The Bertz CT molecular complexity index is 839. The molecule has 21 heavy (non-hydrogen) atoms. The van der Waals surface area contributed by atoms with Crippen molar-refractivity contribution in [2.45, 2.75) is 19.9 Å². The van der Waals surface area contributed by atoms with Crippen molar-refractivity contribution in [1.82, 2.24) is 0 Å². The molecule has 3 rings (SSSR count). The highest BCUT2D eigenvalue weighted by molar-refractivity contribution is 6.05. The number of hydrogen-bond acceptors (Lipinski definition) is 2. The number of aryl methyl sites for hydroxylation is 1. The fourth-order valence-electron chi connectivity index (χ4n) is 2.59. The molecule has 3 aromatic carbocycles. The number of carbonyl (C=O) groups is 1. The van der Waals surface area contributed by atoms with Crippen molar-refractivity contribution in [3.05, 3.63) is 54.1 Å². The molecule has 1 atom stereocenters. The van der Waals surface area contributed by atoms with Crippen molar-refractivity contribution in [1.29, 1.82) is 0 Å². The van der Waals surface area contributed by atoms with E-state index in [0.29, 0.717) is 0 Å². The summed E-state index contributed by atoms with van der Waals surface area (Å²) in [4.78, 5) is 11.1. The SMILES string of the molecule is Cc1ccc2cc3ccccc3cc2c1NC(C)C(=O)O. The molecule has 1 unspecified atom stereocenters. The van der Waals surface area contributed by atoms with Crippen LogP contribution in [0.5, 0.6) is 0 Å². The molecule has 3 heteroatoms. The molecule has 0 fully saturated rings. The molecule has 0 saturated carbocycles. The van der Waals surface area contributed by atoms with Crippen molar-refractivity contribution < 1.29 is 9.90 Å². The molecule has 3 aromatic rings. The van der Waals surface area contributed by atoms with E-state index in [1.165, 1.54) is 5.39 Å². The fraction of sp³-hybridized carbons (Fsp3) is 0.167. The number of carboxylic acid groups (broad SMARTS) is 1. The Balaban J connectivity index is 2.24. The minimum absolute atomic E-state index is 0.624. The molecule has 0 aliphatic rings. The van der Waals surface area contributed by atoms with Gasteiger partial charge < -0.3 is 10.4 Å². The monoisotopic (exact) mass is 279 g/mol. The lowest BCUT2D eigenvalue weighted by Gasteiger charge is -2.16. The summed E-state index contributed by atoms with van der Waals surface area (Å²) >= 11 is 0. The summed E-state index contributed by atoms with van der Waals surface area (Å²) in [5.41, 5.74) is 1.94. The number of carboxylic acids is 1. The number of rotatable bonds is 3. The molecule has 0 radical (unpaired) electrons. The largest absolute Gasteiger partial charge is 0.480 e. The van der Waals surface area contributed by atoms with Crippen molar-refractivity contribution in [3.8, 4) is 0 Å². The van der Waals surface area contributed by atoms with Crippen LogP contribution in [-0.4, -0.2) is 17.1 Å². The maximum Gasteiger partial charge on any atom is 0.325 e. The molecular weight excluding hydrogens is 262 g/mol. The van der Waals surface area contributed by atoms with Crippen LogP contribution in [0.3, 0.4) is 0 Å². The topological polar surface area (TPSA) is 49.3 Å². The zero-order valence-electron chi connectivity index (χ0n) is 12.1. The number of anilines is 1. The Morgan fingerprint density at radius 2 is 1.71 bits per heavy atom. The Morgan fingerprint density at radius 1 is 1.05 bits per heavy atom. The molecule has 0 aromatic heterocycles. The van der Waals surface area contributed by atoms with Crippen molar-refractivity contribution >= 4 is 33.2 Å². The van der Waals surface area contributed by atoms with E-state index < -0.39 is 12.0 Å². The van der Waals surface area contributed by atoms with Crippen LogP contribution in [0.15, 0.2) is 48.5 Å². The van der Waals surface area contributed by atoms with Gasteiger partial charge in [0.25, 0.3) is 0 Å². The normalized spacial score (nSPS) is 12.5. The first kappa shape index (κ1) is 13.4. The minimum Gasteiger partial charge on any atom is -0.480 e. The quantitative estimate of drug-likeness (QED) is 0.707. The second-order valence-electron chi connectivity index (χ2n) is 5.38. The van der Waals surface area contributed by atoms with Crippen LogP contribution in [0, 0.1) is 6.92 Å². The van der Waals surface area contributed by atoms with Gasteiger partial charge in [0.05, 0.1) is 0 Å². The molecule has 3 nitrogen and oxygen atoms in total. The van der Waals surface area contributed by atoms with E-state index in [1.54, 1.807) is 6.92 Å². The standard InChI is InChI=1S/C18H17NO2/c1-11-7-8-15-9-13-5-3-4-6-14(13)10-16(15)17(11)19-12(2)18(20)21/h3-10,12,19H,1-2H3,(H,20,21). The Kier molecular flexibility index (Phi) is 3.26. The van der Waals surface area contributed by atoms with Gasteiger partial charge in [-0.15, -0.1) is 0 Å². The first-order valence-corrected chi connectivity index (χ1v) is 6.98. The lowest BCUT2D eigenvalue weighted by atomic mass is 9.99. The van der Waals surface area contributed by atoms with Crippen LogP contribution in [0.4, 0.5) is 5.69 Å². The first-order chi connectivity index (χ1) is 10.1. The number of fused-ring (bicyclic) bond motifs is 2. The number of aliphatic carboxylic acids is 1. The zero-order valence-corrected chi connectivity index (χ0v) is 12.1. The summed E-state index contributed by atoms with van der Waals surface area (Å²) in [5.74, 6) is -0.854. The van der Waals surface area contributed by atoms with Gasteiger partial charge in [-0.1, -0.05) is 36.4 Å². The second kappa shape index (κ2) is 5.09. The summed E-state index contributed by atoms with van der Waals surface area (Å²) in [6.45, 7) is 3.65. The van der Waals surface area contributed by atoms with Crippen molar-refractivity contribution in [2.75, 3.05) is 5.32 Å². The molecule has 0 amide bonds. The molecule has 0 bridgehead atoms. The van der Waals surface area contributed by atoms with E-state index in [2.05, 4.69) is 35.6 Å². The van der Waals surface area contributed by atoms with Gasteiger partial charge in [-0.25, -0.2) is 0 Å². The average molecular weight is 279 g/mol. The summed E-state index contributed by atoms with van der Waals surface area (Å²) in [6.07, 6.45) is 0. The van der Waals surface area contributed by atoms with E-state index in [0.717, 1.165) is 27.4 Å². The highest BCUT2D eigenvalue weighted by atomic mass is 16.4. The summed E-state index contributed by atoms with van der Waals surface area (Å²) in [5, 5.41) is 16.7. The van der Waals surface area contributed by atoms with Crippen LogP contribution < -0.4 is 5.32 Å². The van der Waals surface area contributed by atoms with Gasteiger partial charge in [0, 0.05) is 11.1 Å². The van der Waals surface area contributed by atoms with Crippen LogP contribution in [0.1, 0.15) is 12.5 Å². The highest BCUT2D eigenvalue weighted by Crippen LogP contribution is 2.31. The van der Waals surface area contributed by atoms with Gasteiger partial charge in [-0.05, 0) is 47.7 Å². The van der Waals surface area contributed by atoms with Gasteiger partial charge in [0.2, 0.25) is 0 Å². The highest BCUT2D eigenvalue weighted by Gasteiger charge is 2.14. The Hall–Kier alpha value is -2.55. The first-order valence-electron chi connectivity index (χ1n) is 6.98. The second-order valence-corrected chi connectivity index (χ2v) is 5.38. The fourth-order valence-corrected chi connectivity index (χ4v) is 2.59. The maximum absolute atomic E-state index is 11.1. The summed E-state index contributed by atoms with van der Waals surface area (Å²) in [7, 11) is 0. The third-order valence-corrected chi connectivity index (χ3v) is 3.83. The molecule has 0 spiro atoms. The van der Waals surface area contributed by atoms with Gasteiger partial charge in [-0.2, -0.15) is 0 Å². The predicted molar refractivity (Wildman–Crippen MR) is 86.9 cm³/mol. The van der Waals surface area contributed by atoms with E-state index in [1.807, 2.05) is 25.1 Å². The lowest BCUT2D eigenvalue weighted by Crippen LogP contribution is -2.25. The minimum atomic E-state index is -0.854. The number of hydrogen-bond donors (Lipinski definition) is 2. The average Bonchev–Trinajstić information content (AvgIpc) is 2.48. The molecule has 0 saturated heterocycles. The third-order valence-electron chi connectivity index (χ3n) is 3.83. The Morgan fingerprint density at radius 3 is 2.38 bits per heavy atom. The van der Waals surface area contributed by atoms with E-state index in [4.69, 9.17) is 5.11 Å². The Labute approximate surface area is 123 Å². The summed E-state index contributed by atoms with van der Waals surface area (Å²) < 4.78 is 0. The van der Waals surface area contributed by atoms with E-state index >= 15 is 0 Å². The molecule has 2 N–H and O–H groups in total. The van der Waals surface area contributed by atoms with E-state index in [-0.39, 0.29) is 0 Å². The molecule has 0 heterocycles.